The molecule has 5 heteroatoms. The summed E-state index contributed by atoms with van der Waals surface area (Å²) in [5.74, 6) is 0.0186. The van der Waals surface area contributed by atoms with Gasteiger partial charge < -0.3 is 10.8 Å². The van der Waals surface area contributed by atoms with Crippen molar-refractivity contribution in [2.24, 2.45) is 11.1 Å². The molecule has 0 spiro atoms. The van der Waals surface area contributed by atoms with E-state index in [1.165, 1.54) is 0 Å². The lowest BCUT2D eigenvalue weighted by Crippen LogP contribution is -2.36. The first-order chi connectivity index (χ1) is 8.40. The fraction of sp³-hybridized carbons (Fsp3) is 0.462. The van der Waals surface area contributed by atoms with E-state index in [9.17, 15) is 9.90 Å². The number of aromatic hydroxyl groups is 1. The zero-order valence-corrected chi connectivity index (χ0v) is 11.9. The summed E-state index contributed by atoms with van der Waals surface area (Å²) >= 11 is 3.47. The number of amides is 1. The number of carbonyl (C=O) groups is 1. The van der Waals surface area contributed by atoms with Crippen LogP contribution in [0.25, 0.3) is 0 Å². The highest BCUT2D eigenvalue weighted by molar-refractivity contribution is 9.10. The molecule has 4 nitrogen and oxygen atoms in total. The molecule has 1 saturated heterocycles. The largest absolute Gasteiger partial charge is 0.508 e. The van der Waals surface area contributed by atoms with Crippen molar-refractivity contribution in [3.63, 3.8) is 0 Å². The number of nitrogens with two attached hydrogens (primary N) is 1. The van der Waals surface area contributed by atoms with E-state index in [0.29, 0.717) is 13.1 Å². The lowest BCUT2D eigenvalue weighted by atomic mass is 9.89. The molecular weight excluding hydrogens is 296 g/mol. The molecule has 1 fully saturated rings. The number of benzene rings is 1. The molecule has 0 saturated carbocycles. The van der Waals surface area contributed by atoms with Crippen molar-refractivity contribution in [3.05, 3.63) is 28.2 Å². The van der Waals surface area contributed by atoms with Gasteiger partial charge in [0.2, 0.25) is 5.91 Å². The molecule has 1 aromatic carbocycles. The Kier molecular flexibility index (Phi) is 3.64. The van der Waals surface area contributed by atoms with Gasteiger partial charge in [-0.3, -0.25) is 9.69 Å². The zero-order chi connectivity index (χ0) is 13.3. The normalized spacial score (nSPS) is 24.3. The highest BCUT2D eigenvalue weighted by Crippen LogP contribution is 2.32. The minimum atomic E-state index is -0.427. The molecule has 1 amide bonds. The fourth-order valence-corrected chi connectivity index (χ4v) is 2.69. The van der Waals surface area contributed by atoms with Crippen molar-refractivity contribution in [1.82, 2.24) is 4.90 Å². The van der Waals surface area contributed by atoms with Crippen LogP contribution in [0.15, 0.2) is 22.7 Å². The fourth-order valence-electron chi connectivity index (χ4n) is 2.32. The first-order valence-electron chi connectivity index (χ1n) is 5.90. The molecule has 18 heavy (non-hydrogen) atoms. The Labute approximate surface area is 115 Å². The van der Waals surface area contributed by atoms with Crippen LogP contribution < -0.4 is 5.73 Å². The molecule has 1 heterocycles. The van der Waals surface area contributed by atoms with Gasteiger partial charge in [0.05, 0.1) is 5.41 Å². The average molecular weight is 313 g/mol. The van der Waals surface area contributed by atoms with Gasteiger partial charge in [0.25, 0.3) is 0 Å². The second-order valence-corrected chi connectivity index (χ2v) is 6.02. The number of phenols is 1. The molecule has 3 N–H and O–H groups in total. The number of carbonyl (C=O) groups excluding carboxylic acids is 1. The van der Waals surface area contributed by atoms with Crippen LogP contribution in [0, 0.1) is 5.41 Å². The van der Waals surface area contributed by atoms with Gasteiger partial charge in [-0.1, -0.05) is 15.9 Å². The van der Waals surface area contributed by atoms with E-state index in [2.05, 4.69) is 20.8 Å². The van der Waals surface area contributed by atoms with Crippen LogP contribution in [0.3, 0.4) is 0 Å². The Hall–Kier alpha value is -1.07. The van der Waals surface area contributed by atoms with Crippen molar-refractivity contribution in [2.75, 3.05) is 13.1 Å². The second-order valence-electron chi connectivity index (χ2n) is 5.16. The second kappa shape index (κ2) is 4.90. The number of hydrogen-bond acceptors (Lipinski definition) is 3. The molecule has 0 radical (unpaired) electrons. The lowest BCUT2D eigenvalue weighted by molar-refractivity contribution is -0.126. The molecule has 0 bridgehead atoms. The summed E-state index contributed by atoms with van der Waals surface area (Å²) in [4.78, 5) is 13.6. The highest BCUT2D eigenvalue weighted by Gasteiger charge is 2.38. The Morgan fingerprint density at radius 2 is 2.33 bits per heavy atom. The first kappa shape index (κ1) is 13.4. The molecule has 1 aliphatic rings. The molecule has 98 valence electrons. The van der Waals surface area contributed by atoms with Gasteiger partial charge in [-0.05, 0) is 43.7 Å². The van der Waals surface area contributed by atoms with Gasteiger partial charge in [0.1, 0.15) is 5.75 Å². The Morgan fingerprint density at radius 1 is 1.61 bits per heavy atom. The van der Waals surface area contributed by atoms with Gasteiger partial charge in [-0.15, -0.1) is 0 Å². The molecule has 2 rings (SSSR count). The summed E-state index contributed by atoms with van der Waals surface area (Å²) in [6.45, 7) is 4.14. The Balaban J connectivity index is 2.08. The van der Waals surface area contributed by atoms with Crippen LogP contribution in [0.5, 0.6) is 5.75 Å². The monoisotopic (exact) mass is 312 g/mol. The number of likely N-dealkylation sites (tertiary alicyclic amines) is 1. The quantitative estimate of drug-likeness (QED) is 0.895. The zero-order valence-electron chi connectivity index (χ0n) is 10.3. The van der Waals surface area contributed by atoms with Crippen LogP contribution in [0.4, 0.5) is 0 Å². The predicted molar refractivity (Wildman–Crippen MR) is 73.0 cm³/mol. The molecular formula is C13H17BrN2O2. The van der Waals surface area contributed by atoms with E-state index in [1.807, 2.05) is 13.0 Å². The van der Waals surface area contributed by atoms with Crippen LogP contribution in [-0.4, -0.2) is 29.0 Å². The maximum Gasteiger partial charge on any atom is 0.224 e. The Morgan fingerprint density at radius 3 is 2.94 bits per heavy atom. The number of nitrogens with zero attached hydrogens (tertiary/aromatic N) is 1. The van der Waals surface area contributed by atoms with Gasteiger partial charge in [0.15, 0.2) is 0 Å². The topological polar surface area (TPSA) is 66.6 Å². The van der Waals surface area contributed by atoms with Crippen molar-refractivity contribution in [3.8, 4) is 5.75 Å². The van der Waals surface area contributed by atoms with Crippen LogP contribution in [0.1, 0.15) is 18.9 Å². The van der Waals surface area contributed by atoms with E-state index in [-0.39, 0.29) is 11.7 Å². The summed E-state index contributed by atoms with van der Waals surface area (Å²) in [6.07, 6.45) is 0.790. The van der Waals surface area contributed by atoms with Crippen LogP contribution >= 0.6 is 15.9 Å². The molecule has 0 aliphatic carbocycles. The summed E-state index contributed by atoms with van der Waals surface area (Å²) < 4.78 is 0.966. The van der Waals surface area contributed by atoms with E-state index < -0.39 is 5.41 Å². The number of primary amides is 1. The standard InChI is InChI=1S/C13H17BrN2O2/c1-13(12(15)18)4-5-16(8-13)7-9-6-10(17)2-3-11(9)14/h2-3,6,17H,4-5,7-8H2,1H3,(H2,15,18). The maximum absolute atomic E-state index is 11.4. The van der Waals surface area contributed by atoms with Crippen LogP contribution in [0.2, 0.25) is 0 Å². The minimum absolute atomic E-state index is 0.236. The van der Waals surface area contributed by atoms with E-state index in [4.69, 9.17) is 5.73 Å². The predicted octanol–water partition coefficient (Wildman–Crippen LogP) is 1.85. The molecule has 0 aromatic heterocycles. The molecule has 1 atom stereocenters. The smallest absolute Gasteiger partial charge is 0.224 e. The third-order valence-electron chi connectivity index (χ3n) is 3.57. The summed E-state index contributed by atoms with van der Waals surface area (Å²) in [5, 5.41) is 9.49. The maximum atomic E-state index is 11.4. The third kappa shape index (κ3) is 2.67. The summed E-state index contributed by atoms with van der Waals surface area (Å²) in [6, 6.07) is 5.21. The number of rotatable bonds is 3. The van der Waals surface area contributed by atoms with E-state index >= 15 is 0 Å². The van der Waals surface area contributed by atoms with Crippen LogP contribution in [-0.2, 0) is 11.3 Å². The van der Waals surface area contributed by atoms with E-state index in [1.54, 1.807) is 12.1 Å². The van der Waals surface area contributed by atoms with Gasteiger partial charge >= 0.3 is 0 Å². The summed E-state index contributed by atoms with van der Waals surface area (Å²) in [5.41, 5.74) is 6.02. The van der Waals surface area contributed by atoms with E-state index in [0.717, 1.165) is 23.0 Å². The molecule has 1 aromatic rings. The SMILES string of the molecule is CC1(C(N)=O)CCN(Cc2cc(O)ccc2Br)C1. The van der Waals surface area contributed by atoms with Crippen molar-refractivity contribution in [2.45, 2.75) is 19.9 Å². The third-order valence-corrected chi connectivity index (χ3v) is 4.34. The number of phenolic OH excluding ortho intramolecular Hbond substituents is 1. The van der Waals surface area contributed by atoms with Crippen molar-refractivity contribution >= 4 is 21.8 Å². The van der Waals surface area contributed by atoms with Gasteiger partial charge in [-0.25, -0.2) is 0 Å². The average Bonchev–Trinajstić information content (AvgIpc) is 2.67. The first-order valence-corrected chi connectivity index (χ1v) is 6.70. The highest BCUT2D eigenvalue weighted by atomic mass is 79.9. The number of halogens is 1. The number of hydrogen-bond donors (Lipinski definition) is 2. The minimum Gasteiger partial charge on any atom is -0.508 e. The molecule has 1 unspecified atom stereocenters. The molecule has 1 aliphatic heterocycles. The van der Waals surface area contributed by atoms with Crippen molar-refractivity contribution in [1.29, 1.82) is 0 Å². The lowest BCUT2D eigenvalue weighted by Gasteiger charge is -2.21. The Bertz CT molecular complexity index is 478. The van der Waals surface area contributed by atoms with Gasteiger partial charge in [0, 0.05) is 17.6 Å². The van der Waals surface area contributed by atoms with Gasteiger partial charge in [-0.2, -0.15) is 0 Å². The van der Waals surface area contributed by atoms with Crippen molar-refractivity contribution < 1.29 is 9.90 Å². The summed E-state index contributed by atoms with van der Waals surface area (Å²) in [7, 11) is 0.